The van der Waals surface area contributed by atoms with Crippen LogP contribution in [0.25, 0.3) is 11.0 Å². The Labute approximate surface area is 158 Å². The number of hydrogen-bond acceptors (Lipinski definition) is 3. The molecule has 1 aliphatic heterocycles. The third-order valence-corrected chi connectivity index (χ3v) is 6.33. The minimum absolute atomic E-state index is 0.470. The number of benzene rings is 2. The van der Waals surface area contributed by atoms with Gasteiger partial charge in [-0.05, 0) is 55.2 Å². The fourth-order valence-corrected chi connectivity index (χ4v) is 5.18. The van der Waals surface area contributed by atoms with Gasteiger partial charge in [0.05, 0.1) is 27.6 Å². The molecule has 25 heavy (non-hydrogen) atoms. The van der Waals surface area contributed by atoms with Gasteiger partial charge in [-0.2, -0.15) is 0 Å². The van der Waals surface area contributed by atoms with Crippen molar-refractivity contribution in [2.45, 2.75) is 30.7 Å². The van der Waals surface area contributed by atoms with Crippen molar-refractivity contribution < 1.29 is 4.21 Å². The first-order valence-corrected chi connectivity index (χ1v) is 10.7. The van der Waals surface area contributed by atoms with E-state index in [0.29, 0.717) is 10.9 Å². The van der Waals surface area contributed by atoms with E-state index in [1.807, 2.05) is 24.3 Å². The van der Waals surface area contributed by atoms with Gasteiger partial charge in [0.25, 0.3) is 0 Å². The smallest absolute Gasteiger partial charge is 0.197 e. The van der Waals surface area contributed by atoms with E-state index < -0.39 is 10.8 Å². The number of aromatic amines is 1. The highest BCUT2D eigenvalue weighted by atomic mass is 79.9. The lowest BCUT2D eigenvalue weighted by molar-refractivity contribution is 0.676. The molecule has 0 saturated heterocycles. The Morgan fingerprint density at radius 3 is 2.96 bits per heavy atom. The largest absolute Gasteiger partial charge is 0.371 e. The molecule has 0 aliphatic carbocycles. The fourth-order valence-electron chi connectivity index (χ4n) is 3.56. The molecule has 0 fully saturated rings. The molecule has 0 bridgehead atoms. The molecule has 0 radical (unpaired) electrons. The van der Waals surface area contributed by atoms with Crippen LogP contribution in [-0.4, -0.2) is 27.3 Å². The lowest BCUT2D eigenvalue weighted by Gasteiger charge is -2.32. The zero-order valence-electron chi connectivity index (χ0n) is 14.1. The summed E-state index contributed by atoms with van der Waals surface area (Å²) in [5.74, 6) is 0.470. The van der Waals surface area contributed by atoms with Gasteiger partial charge < -0.3 is 9.88 Å². The van der Waals surface area contributed by atoms with E-state index in [-0.39, 0.29) is 0 Å². The van der Waals surface area contributed by atoms with E-state index in [1.165, 1.54) is 17.7 Å². The van der Waals surface area contributed by atoms with Gasteiger partial charge in [0.1, 0.15) is 0 Å². The van der Waals surface area contributed by atoms with E-state index in [2.05, 4.69) is 49.9 Å². The third-order valence-electron chi connectivity index (χ3n) is 4.67. The van der Waals surface area contributed by atoms with Crippen molar-refractivity contribution in [3.63, 3.8) is 0 Å². The first kappa shape index (κ1) is 16.8. The van der Waals surface area contributed by atoms with E-state index in [1.54, 1.807) is 0 Å². The molecular formula is C19H20BrN3OS. The van der Waals surface area contributed by atoms with Crippen molar-refractivity contribution in [1.82, 2.24) is 9.97 Å². The van der Waals surface area contributed by atoms with Gasteiger partial charge in [-0.3, -0.25) is 4.21 Å². The summed E-state index contributed by atoms with van der Waals surface area (Å²) in [4.78, 5) is 10.1. The number of hydrogen-bond donors (Lipinski definition) is 1. The number of aryl methyl sites for hydroxylation is 1. The Bertz CT molecular complexity index is 920. The lowest BCUT2D eigenvalue weighted by atomic mass is 9.98. The summed E-state index contributed by atoms with van der Waals surface area (Å²) in [6.07, 6.45) is 2.25. The molecule has 2 aromatic carbocycles. The van der Waals surface area contributed by atoms with Crippen LogP contribution in [0.2, 0.25) is 0 Å². The monoisotopic (exact) mass is 417 g/mol. The van der Waals surface area contributed by atoms with E-state index in [0.717, 1.165) is 40.6 Å². The molecule has 0 spiro atoms. The Morgan fingerprint density at radius 1 is 1.32 bits per heavy atom. The van der Waals surface area contributed by atoms with Crippen LogP contribution in [-0.2, 0) is 23.0 Å². The Morgan fingerprint density at radius 2 is 2.16 bits per heavy atom. The first-order chi connectivity index (χ1) is 12.2. The van der Waals surface area contributed by atoms with E-state index in [4.69, 9.17) is 0 Å². The van der Waals surface area contributed by atoms with Crippen LogP contribution in [0, 0.1) is 0 Å². The van der Waals surface area contributed by atoms with Gasteiger partial charge in [-0.1, -0.05) is 28.1 Å². The van der Waals surface area contributed by atoms with Gasteiger partial charge in [-0.15, -0.1) is 0 Å². The molecule has 1 aliphatic rings. The number of imidazole rings is 1. The molecule has 1 N–H and O–H groups in total. The number of halogens is 1. The summed E-state index contributed by atoms with van der Waals surface area (Å²) < 4.78 is 14.0. The van der Waals surface area contributed by atoms with Crippen LogP contribution in [0.5, 0.6) is 0 Å². The summed E-state index contributed by atoms with van der Waals surface area (Å²) in [6, 6.07) is 12.1. The molecule has 1 aromatic heterocycles. The predicted molar refractivity (Wildman–Crippen MR) is 107 cm³/mol. The number of nitrogens with zero attached hydrogens (tertiary/aromatic N) is 2. The summed E-state index contributed by atoms with van der Waals surface area (Å²) in [6.45, 7) is 4.21. The highest BCUT2D eigenvalue weighted by Crippen LogP contribution is 2.35. The van der Waals surface area contributed by atoms with Crippen molar-refractivity contribution in [2.75, 3.05) is 18.0 Å². The van der Waals surface area contributed by atoms with Gasteiger partial charge >= 0.3 is 0 Å². The molecule has 0 saturated carbocycles. The highest BCUT2D eigenvalue weighted by Gasteiger charge is 2.22. The normalized spacial score (nSPS) is 15.4. The van der Waals surface area contributed by atoms with Crippen LogP contribution in [0.1, 0.15) is 24.5 Å². The Hall–Kier alpha value is -1.66. The molecule has 1 atom stereocenters. The topological polar surface area (TPSA) is 49.0 Å². The number of anilines is 1. The van der Waals surface area contributed by atoms with E-state index in [9.17, 15) is 4.21 Å². The van der Waals surface area contributed by atoms with Crippen LogP contribution >= 0.6 is 15.9 Å². The second-order valence-corrected chi connectivity index (χ2v) is 8.59. The molecule has 4 rings (SSSR count). The highest BCUT2D eigenvalue weighted by molar-refractivity contribution is 9.10. The predicted octanol–water partition coefficient (Wildman–Crippen LogP) is 4.41. The van der Waals surface area contributed by atoms with Crippen molar-refractivity contribution in [2.24, 2.45) is 0 Å². The maximum absolute atomic E-state index is 13.0. The van der Waals surface area contributed by atoms with Crippen molar-refractivity contribution in [3.05, 3.63) is 52.0 Å². The second-order valence-electron chi connectivity index (χ2n) is 6.30. The van der Waals surface area contributed by atoms with Gasteiger partial charge in [0, 0.05) is 23.2 Å². The van der Waals surface area contributed by atoms with Crippen LogP contribution in [0.15, 0.2) is 46.0 Å². The standard InChI is InChI=1S/C19H20BrN3OS/c1-2-23-9-5-6-13-10-15(20)11-14(18(13)23)12-25(24)19-21-16-7-3-4-8-17(16)22-19/h3-4,7-8,10-11H,2,5-6,9,12H2,1H3,(H,21,22). The van der Waals surface area contributed by atoms with Crippen LogP contribution < -0.4 is 4.90 Å². The SMILES string of the molecule is CCN1CCCc2cc(Br)cc(CS(=O)c3nc4ccccc4[nH]3)c21. The molecule has 4 nitrogen and oxygen atoms in total. The zero-order valence-corrected chi connectivity index (χ0v) is 16.5. The number of rotatable bonds is 4. The molecule has 3 aromatic rings. The quantitative estimate of drug-likeness (QED) is 0.683. The number of para-hydroxylation sites is 2. The van der Waals surface area contributed by atoms with Crippen molar-refractivity contribution in [3.8, 4) is 0 Å². The number of nitrogens with one attached hydrogen (secondary N) is 1. The maximum atomic E-state index is 13.0. The number of aromatic nitrogens is 2. The summed E-state index contributed by atoms with van der Waals surface area (Å²) in [5, 5.41) is 0.550. The molecule has 0 amide bonds. The Kier molecular flexibility index (Phi) is 4.65. The molecular weight excluding hydrogens is 398 g/mol. The van der Waals surface area contributed by atoms with Crippen LogP contribution in [0.3, 0.4) is 0 Å². The fraction of sp³-hybridized carbons (Fsp3) is 0.316. The van der Waals surface area contributed by atoms with Crippen molar-refractivity contribution in [1.29, 1.82) is 0 Å². The molecule has 2 heterocycles. The van der Waals surface area contributed by atoms with E-state index >= 15 is 0 Å². The summed E-state index contributed by atoms with van der Waals surface area (Å²) in [5.41, 5.74) is 5.53. The minimum Gasteiger partial charge on any atom is -0.371 e. The average Bonchev–Trinajstić information content (AvgIpc) is 3.05. The Balaban J connectivity index is 1.70. The maximum Gasteiger partial charge on any atom is 0.197 e. The summed E-state index contributed by atoms with van der Waals surface area (Å²) in [7, 11) is -1.20. The number of H-pyrrole nitrogens is 1. The third kappa shape index (κ3) is 3.25. The first-order valence-electron chi connectivity index (χ1n) is 8.55. The lowest BCUT2D eigenvalue weighted by Crippen LogP contribution is -2.30. The molecule has 130 valence electrons. The minimum atomic E-state index is -1.20. The molecule has 6 heteroatoms. The van der Waals surface area contributed by atoms with Gasteiger partial charge in [0.15, 0.2) is 5.16 Å². The zero-order chi connectivity index (χ0) is 17.4. The average molecular weight is 418 g/mol. The second kappa shape index (κ2) is 6.92. The molecule has 1 unspecified atom stereocenters. The van der Waals surface area contributed by atoms with Crippen molar-refractivity contribution >= 4 is 43.5 Å². The van der Waals surface area contributed by atoms with Crippen LogP contribution in [0.4, 0.5) is 5.69 Å². The van der Waals surface area contributed by atoms with Gasteiger partial charge in [-0.25, -0.2) is 4.98 Å². The van der Waals surface area contributed by atoms with Gasteiger partial charge in [0.2, 0.25) is 0 Å². The summed E-state index contributed by atoms with van der Waals surface area (Å²) >= 11 is 3.62. The number of fused-ring (bicyclic) bond motifs is 2.